The molecule has 0 N–H and O–H groups in total. The molecule has 0 amide bonds. The van der Waals surface area contributed by atoms with E-state index in [1.54, 1.807) is 0 Å². The van der Waals surface area contributed by atoms with Crippen LogP contribution in [0.1, 0.15) is 25.7 Å². The van der Waals surface area contributed by atoms with E-state index in [-0.39, 0.29) is 0 Å². The molecule has 0 aromatic carbocycles. The molecule has 1 heterocycles. The van der Waals surface area contributed by atoms with E-state index in [4.69, 9.17) is 0 Å². The van der Waals surface area contributed by atoms with Gasteiger partial charge in [0.15, 0.2) is 0 Å². The van der Waals surface area contributed by atoms with E-state index in [1.807, 2.05) is 6.20 Å². The molecule has 1 aliphatic carbocycles. The molecule has 1 atom stereocenters. The molecule has 0 aromatic heterocycles. The predicted molar refractivity (Wildman–Crippen MR) is 38.2 cm³/mol. The Kier molecular flexibility index (Phi) is 1.15. The van der Waals surface area contributed by atoms with Gasteiger partial charge in [-0.15, -0.1) is 0 Å². The molecule has 1 fully saturated rings. The van der Waals surface area contributed by atoms with Gasteiger partial charge in [0.1, 0.15) is 0 Å². The van der Waals surface area contributed by atoms with E-state index in [0.29, 0.717) is 0 Å². The number of hydrogen-bond donors (Lipinski definition) is 0. The zero-order chi connectivity index (χ0) is 6.10. The van der Waals surface area contributed by atoms with Gasteiger partial charge in [0.25, 0.3) is 0 Å². The fraction of sp³-hybridized carbons (Fsp3) is 0.625. The molecule has 0 spiro atoms. The van der Waals surface area contributed by atoms with Gasteiger partial charge in [-0.25, -0.2) is 0 Å². The molecule has 1 aliphatic heterocycles. The Bertz CT molecular complexity index is 167. The molecular formula is C8H11N+. The van der Waals surface area contributed by atoms with E-state index in [0.717, 1.165) is 5.92 Å². The number of rotatable bonds is 0. The van der Waals surface area contributed by atoms with Gasteiger partial charge in [0.2, 0.25) is 11.9 Å². The lowest BCUT2D eigenvalue weighted by Gasteiger charge is -2.10. The van der Waals surface area contributed by atoms with Crippen LogP contribution in [0.15, 0.2) is 12.3 Å². The van der Waals surface area contributed by atoms with Crippen LogP contribution in [0.25, 0.3) is 0 Å². The third kappa shape index (κ3) is 0.805. The van der Waals surface area contributed by atoms with Gasteiger partial charge in [0.05, 0.1) is 10.9 Å². The van der Waals surface area contributed by atoms with Crippen LogP contribution in [-0.2, 0) is 0 Å². The second-order valence-corrected chi connectivity index (χ2v) is 2.81. The Morgan fingerprint density at radius 2 is 2.44 bits per heavy atom. The van der Waals surface area contributed by atoms with Crippen molar-refractivity contribution in [3.05, 3.63) is 12.3 Å². The molecule has 47 valence electrons. The summed E-state index contributed by atoms with van der Waals surface area (Å²) < 4.78 is 0. The molecule has 0 bridgehead atoms. The maximum Gasteiger partial charge on any atom is 0.239 e. The molecule has 1 saturated carbocycles. The zero-order valence-electron chi connectivity index (χ0n) is 5.51. The molecule has 1 radical (unpaired) electrons. The lowest BCUT2D eigenvalue weighted by Crippen LogP contribution is -2.16. The molecular weight excluding hydrogens is 110 g/mol. The molecule has 2 aliphatic rings. The van der Waals surface area contributed by atoms with Gasteiger partial charge < -0.3 is 0 Å². The minimum absolute atomic E-state index is 0.735. The van der Waals surface area contributed by atoms with E-state index in [1.165, 1.54) is 31.4 Å². The summed E-state index contributed by atoms with van der Waals surface area (Å²) in [6, 6.07) is 0. The standard InChI is InChI=1S/C8H11N/c1-2-4-8-7(3-1)5-6-9-8/h5-7H,1-4H2/q+1. The van der Waals surface area contributed by atoms with E-state index in [9.17, 15) is 0 Å². The van der Waals surface area contributed by atoms with E-state index in [2.05, 4.69) is 11.1 Å². The van der Waals surface area contributed by atoms with Crippen molar-refractivity contribution in [1.82, 2.24) is 4.99 Å². The second-order valence-electron chi connectivity index (χ2n) is 2.81. The van der Waals surface area contributed by atoms with Crippen LogP contribution < -0.4 is 4.99 Å². The van der Waals surface area contributed by atoms with Gasteiger partial charge in [0, 0.05) is 12.5 Å². The molecule has 1 heteroatoms. The third-order valence-electron chi connectivity index (χ3n) is 2.18. The highest BCUT2D eigenvalue weighted by molar-refractivity contribution is 5.89. The first kappa shape index (κ1) is 5.21. The summed E-state index contributed by atoms with van der Waals surface area (Å²) in [5.74, 6) is 0.735. The Morgan fingerprint density at radius 3 is 3.33 bits per heavy atom. The quantitative estimate of drug-likeness (QED) is 0.461. The van der Waals surface area contributed by atoms with Crippen LogP contribution in [-0.4, -0.2) is 5.71 Å². The smallest absolute Gasteiger partial charge is 0.0517 e. The fourth-order valence-electron chi connectivity index (χ4n) is 1.63. The first-order valence-electron chi connectivity index (χ1n) is 3.70. The largest absolute Gasteiger partial charge is 0.239 e. The van der Waals surface area contributed by atoms with Crippen molar-refractivity contribution < 1.29 is 0 Å². The molecule has 1 unspecified atom stereocenters. The van der Waals surface area contributed by atoms with Crippen molar-refractivity contribution in [2.75, 3.05) is 0 Å². The summed E-state index contributed by atoms with van der Waals surface area (Å²) in [5, 5.41) is 0. The number of aliphatic imine (C=N–C) groups is 1. The number of hydrogen-bond acceptors (Lipinski definition) is 1. The number of allylic oxidation sites excluding steroid dienone is 1. The SMILES string of the molecule is C1=CC2CCCCC2=[N+]1. The Labute approximate surface area is 55.5 Å². The van der Waals surface area contributed by atoms with Crippen molar-refractivity contribution in [3.63, 3.8) is 0 Å². The van der Waals surface area contributed by atoms with Crippen LogP contribution in [0.5, 0.6) is 0 Å². The van der Waals surface area contributed by atoms with Crippen LogP contribution >= 0.6 is 0 Å². The van der Waals surface area contributed by atoms with Gasteiger partial charge in [-0.05, 0) is 12.8 Å². The van der Waals surface area contributed by atoms with Crippen molar-refractivity contribution >= 4 is 5.71 Å². The lowest BCUT2D eigenvalue weighted by atomic mass is 9.88. The monoisotopic (exact) mass is 121 g/mol. The molecule has 1 nitrogen and oxygen atoms in total. The first-order valence-corrected chi connectivity index (χ1v) is 3.70. The lowest BCUT2D eigenvalue weighted by molar-refractivity contribution is 0.600. The van der Waals surface area contributed by atoms with Crippen molar-refractivity contribution in [3.8, 4) is 0 Å². The van der Waals surface area contributed by atoms with Gasteiger partial charge in [-0.3, -0.25) is 0 Å². The van der Waals surface area contributed by atoms with Crippen LogP contribution in [0.4, 0.5) is 0 Å². The van der Waals surface area contributed by atoms with E-state index < -0.39 is 0 Å². The molecule has 9 heavy (non-hydrogen) atoms. The number of fused-ring (bicyclic) bond motifs is 1. The van der Waals surface area contributed by atoms with Crippen molar-refractivity contribution in [2.24, 2.45) is 5.92 Å². The highest BCUT2D eigenvalue weighted by Gasteiger charge is 2.29. The van der Waals surface area contributed by atoms with Gasteiger partial charge in [-0.2, -0.15) is 0 Å². The Balaban J connectivity index is 2.16. The maximum atomic E-state index is 4.29. The minimum Gasteiger partial charge on any atom is -0.0517 e. The summed E-state index contributed by atoms with van der Waals surface area (Å²) in [6.45, 7) is 0. The average molecular weight is 121 g/mol. The van der Waals surface area contributed by atoms with Crippen molar-refractivity contribution in [1.29, 1.82) is 0 Å². The van der Waals surface area contributed by atoms with Crippen LogP contribution in [0.2, 0.25) is 0 Å². The highest BCUT2D eigenvalue weighted by atomic mass is 14.7. The summed E-state index contributed by atoms with van der Waals surface area (Å²) >= 11 is 0. The molecule has 0 saturated heterocycles. The van der Waals surface area contributed by atoms with Gasteiger partial charge in [-0.1, -0.05) is 6.42 Å². The first-order chi connectivity index (χ1) is 4.47. The average Bonchev–Trinajstić information content (AvgIpc) is 2.33. The fourth-order valence-corrected chi connectivity index (χ4v) is 1.63. The Hall–Kier alpha value is -0.590. The second kappa shape index (κ2) is 1.98. The highest BCUT2D eigenvalue weighted by Crippen LogP contribution is 2.23. The zero-order valence-corrected chi connectivity index (χ0v) is 5.51. The Morgan fingerprint density at radius 1 is 1.44 bits per heavy atom. The van der Waals surface area contributed by atoms with E-state index >= 15 is 0 Å². The predicted octanol–water partition coefficient (Wildman–Crippen LogP) is 1.48. The van der Waals surface area contributed by atoms with Crippen molar-refractivity contribution in [2.45, 2.75) is 25.7 Å². The normalized spacial score (nSPS) is 32.0. The summed E-state index contributed by atoms with van der Waals surface area (Å²) in [6.07, 6.45) is 9.54. The summed E-state index contributed by atoms with van der Waals surface area (Å²) in [5.41, 5.74) is 1.43. The maximum absolute atomic E-state index is 4.29. The third-order valence-corrected chi connectivity index (χ3v) is 2.18. The minimum atomic E-state index is 0.735. The topological polar surface area (TPSA) is 14.1 Å². The number of nitrogens with zero attached hydrogens (tertiary/aromatic N) is 1. The van der Waals surface area contributed by atoms with Crippen LogP contribution in [0.3, 0.4) is 0 Å². The molecule has 2 rings (SSSR count). The summed E-state index contributed by atoms with van der Waals surface area (Å²) in [4.78, 5) is 4.29. The molecule has 0 aromatic rings. The van der Waals surface area contributed by atoms with Crippen LogP contribution in [0, 0.1) is 5.92 Å². The summed E-state index contributed by atoms with van der Waals surface area (Å²) in [7, 11) is 0. The van der Waals surface area contributed by atoms with Gasteiger partial charge >= 0.3 is 0 Å².